The highest BCUT2D eigenvalue weighted by Crippen LogP contribution is 2.30. The summed E-state index contributed by atoms with van der Waals surface area (Å²) in [6.07, 6.45) is 3.43. The minimum atomic E-state index is -0.358. The Morgan fingerprint density at radius 1 is 1.00 bits per heavy atom. The number of nitrogens with zero attached hydrogens (tertiary/aromatic N) is 3. The van der Waals surface area contributed by atoms with E-state index in [0.29, 0.717) is 10.8 Å². The van der Waals surface area contributed by atoms with Gasteiger partial charge in [-0.15, -0.1) is 0 Å². The molecular weight excluding hydrogens is 376 g/mol. The zero-order chi connectivity index (χ0) is 18.1. The predicted octanol–water partition coefficient (Wildman–Crippen LogP) is 5.62. The van der Waals surface area contributed by atoms with E-state index in [-0.39, 0.29) is 11.6 Å². The molecule has 26 heavy (non-hydrogen) atoms. The summed E-state index contributed by atoms with van der Waals surface area (Å²) in [5, 5.41) is 5.70. The molecular formula is C19H12ClF2N3S. The largest absolute Gasteiger partial charge is 0.246 e. The monoisotopic (exact) mass is 387 g/mol. The van der Waals surface area contributed by atoms with Crippen LogP contribution in [0.3, 0.4) is 0 Å². The van der Waals surface area contributed by atoms with Crippen molar-refractivity contribution in [1.29, 1.82) is 0 Å². The van der Waals surface area contributed by atoms with Gasteiger partial charge in [0.25, 0.3) is 0 Å². The molecule has 4 aromatic rings. The highest BCUT2D eigenvalue weighted by molar-refractivity contribution is 7.98. The van der Waals surface area contributed by atoms with Crippen molar-refractivity contribution in [3.8, 4) is 11.3 Å². The molecule has 0 fully saturated rings. The molecule has 0 atom stereocenters. The second-order valence-corrected chi connectivity index (χ2v) is 6.99. The molecule has 0 spiro atoms. The van der Waals surface area contributed by atoms with Gasteiger partial charge in [0.2, 0.25) is 0 Å². The lowest BCUT2D eigenvalue weighted by Crippen LogP contribution is -1.92. The number of halogens is 3. The van der Waals surface area contributed by atoms with Crippen molar-refractivity contribution in [2.24, 2.45) is 0 Å². The highest BCUT2D eigenvalue weighted by Gasteiger charge is 2.11. The molecule has 4 rings (SSSR count). The van der Waals surface area contributed by atoms with Gasteiger partial charge in [0.1, 0.15) is 16.7 Å². The van der Waals surface area contributed by atoms with Gasteiger partial charge in [0.05, 0.1) is 11.2 Å². The highest BCUT2D eigenvalue weighted by atomic mass is 35.5. The SMILES string of the molecule is Fc1ccc(-c2cc3c(SCc4ccc(F)cc4Cl)nccn3n2)cc1. The van der Waals surface area contributed by atoms with E-state index >= 15 is 0 Å². The van der Waals surface area contributed by atoms with Crippen molar-refractivity contribution in [3.05, 3.63) is 83.1 Å². The van der Waals surface area contributed by atoms with Gasteiger partial charge in [-0.2, -0.15) is 5.10 Å². The van der Waals surface area contributed by atoms with Crippen molar-refractivity contribution in [3.63, 3.8) is 0 Å². The molecule has 0 aliphatic rings. The predicted molar refractivity (Wildman–Crippen MR) is 99.4 cm³/mol. The molecule has 0 bridgehead atoms. The van der Waals surface area contributed by atoms with E-state index in [1.807, 2.05) is 6.07 Å². The van der Waals surface area contributed by atoms with Crippen LogP contribution in [0.5, 0.6) is 0 Å². The molecule has 0 aliphatic heterocycles. The molecule has 2 heterocycles. The Morgan fingerprint density at radius 3 is 2.54 bits per heavy atom. The summed E-state index contributed by atoms with van der Waals surface area (Å²) in [6, 6.07) is 12.5. The Labute approximate surface area is 157 Å². The van der Waals surface area contributed by atoms with Gasteiger partial charge in [-0.25, -0.2) is 18.3 Å². The van der Waals surface area contributed by atoms with Crippen molar-refractivity contribution in [2.75, 3.05) is 0 Å². The second-order valence-electron chi connectivity index (χ2n) is 5.62. The lowest BCUT2D eigenvalue weighted by Gasteiger charge is -2.05. The number of hydrogen-bond donors (Lipinski definition) is 0. The van der Waals surface area contributed by atoms with Crippen molar-refractivity contribution >= 4 is 28.9 Å². The van der Waals surface area contributed by atoms with Crippen LogP contribution < -0.4 is 0 Å². The van der Waals surface area contributed by atoms with E-state index < -0.39 is 0 Å². The van der Waals surface area contributed by atoms with Crippen LogP contribution in [-0.2, 0) is 5.75 Å². The lowest BCUT2D eigenvalue weighted by atomic mass is 10.1. The molecule has 7 heteroatoms. The summed E-state index contributed by atoms with van der Waals surface area (Å²) in [6.45, 7) is 0. The summed E-state index contributed by atoms with van der Waals surface area (Å²) in [5.74, 6) is -0.0849. The number of fused-ring (bicyclic) bond motifs is 1. The van der Waals surface area contributed by atoms with Gasteiger partial charge < -0.3 is 0 Å². The minimum Gasteiger partial charge on any atom is -0.246 e. The molecule has 0 radical (unpaired) electrons. The van der Waals surface area contributed by atoms with Gasteiger partial charge in [-0.1, -0.05) is 29.4 Å². The van der Waals surface area contributed by atoms with Gasteiger partial charge in [-0.3, -0.25) is 0 Å². The first-order valence-electron chi connectivity index (χ1n) is 7.77. The topological polar surface area (TPSA) is 30.2 Å². The normalized spacial score (nSPS) is 11.2. The first kappa shape index (κ1) is 17.0. The number of benzene rings is 2. The average molecular weight is 388 g/mol. The summed E-state index contributed by atoms with van der Waals surface area (Å²) in [5.41, 5.74) is 3.24. The fourth-order valence-corrected chi connectivity index (χ4v) is 3.85. The Bertz CT molecular complexity index is 1080. The molecule has 0 unspecified atom stereocenters. The van der Waals surface area contributed by atoms with Gasteiger partial charge in [-0.05, 0) is 48.0 Å². The van der Waals surface area contributed by atoms with E-state index in [4.69, 9.17) is 11.6 Å². The molecule has 2 aromatic carbocycles. The zero-order valence-electron chi connectivity index (χ0n) is 13.4. The quantitative estimate of drug-likeness (QED) is 0.426. The smallest absolute Gasteiger partial charge is 0.124 e. The molecule has 3 nitrogen and oxygen atoms in total. The molecule has 2 aromatic heterocycles. The third-order valence-corrected chi connectivity index (χ3v) is 5.27. The van der Waals surface area contributed by atoms with Crippen LogP contribution in [0.15, 0.2) is 66.0 Å². The maximum Gasteiger partial charge on any atom is 0.124 e. The number of aromatic nitrogens is 3. The van der Waals surface area contributed by atoms with E-state index in [9.17, 15) is 8.78 Å². The van der Waals surface area contributed by atoms with Crippen LogP contribution in [0.4, 0.5) is 8.78 Å². The minimum absolute atomic E-state index is 0.286. The summed E-state index contributed by atoms with van der Waals surface area (Å²) >= 11 is 7.58. The fourth-order valence-electron chi connectivity index (χ4n) is 2.56. The van der Waals surface area contributed by atoms with Gasteiger partial charge in [0, 0.05) is 28.7 Å². The molecule has 130 valence electrons. The van der Waals surface area contributed by atoms with Crippen molar-refractivity contribution < 1.29 is 8.78 Å². The van der Waals surface area contributed by atoms with E-state index in [2.05, 4.69) is 10.1 Å². The van der Waals surface area contributed by atoms with Crippen molar-refractivity contribution in [1.82, 2.24) is 14.6 Å². The summed E-state index contributed by atoms with van der Waals surface area (Å²) in [4.78, 5) is 4.42. The number of rotatable bonds is 4. The van der Waals surface area contributed by atoms with Crippen LogP contribution in [0.25, 0.3) is 16.8 Å². The number of thioether (sulfide) groups is 1. The Balaban J connectivity index is 1.64. The average Bonchev–Trinajstić information content (AvgIpc) is 3.06. The standard InChI is InChI=1S/C19H12ClF2N3S/c20-16-9-15(22)6-3-13(16)11-26-19-18-10-17(24-25(18)8-7-23-19)12-1-4-14(21)5-2-12/h1-10H,11H2. The third kappa shape index (κ3) is 3.43. The van der Waals surface area contributed by atoms with Crippen LogP contribution in [0, 0.1) is 11.6 Å². The first-order valence-corrected chi connectivity index (χ1v) is 9.13. The maximum absolute atomic E-state index is 13.2. The van der Waals surface area contributed by atoms with Gasteiger partial charge >= 0.3 is 0 Å². The Kier molecular flexibility index (Phi) is 4.61. The molecule has 0 saturated carbocycles. The van der Waals surface area contributed by atoms with E-state index in [1.165, 1.54) is 36.0 Å². The van der Waals surface area contributed by atoms with Gasteiger partial charge in [0.15, 0.2) is 0 Å². The Hall–Kier alpha value is -2.44. The third-order valence-electron chi connectivity index (χ3n) is 3.87. The fraction of sp³-hybridized carbons (Fsp3) is 0.0526. The first-order chi connectivity index (χ1) is 12.6. The van der Waals surface area contributed by atoms with Crippen LogP contribution in [0.1, 0.15) is 5.56 Å². The lowest BCUT2D eigenvalue weighted by molar-refractivity contribution is 0.627. The van der Waals surface area contributed by atoms with Crippen molar-refractivity contribution in [2.45, 2.75) is 10.8 Å². The summed E-state index contributed by atoms with van der Waals surface area (Å²) in [7, 11) is 0. The van der Waals surface area contributed by atoms with Crippen LogP contribution in [-0.4, -0.2) is 14.6 Å². The van der Waals surface area contributed by atoms with E-state index in [0.717, 1.165) is 27.4 Å². The molecule has 0 N–H and O–H groups in total. The van der Waals surface area contributed by atoms with Crippen LogP contribution >= 0.6 is 23.4 Å². The van der Waals surface area contributed by atoms with Crippen LogP contribution in [0.2, 0.25) is 5.02 Å². The zero-order valence-corrected chi connectivity index (χ0v) is 14.9. The second kappa shape index (κ2) is 7.05. The van der Waals surface area contributed by atoms with E-state index in [1.54, 1.807) is 35.1 Å². The molecule has 0 aliphatic carbocycles. The number of hydrogen-bond acceptors (Lipinski definition) is 3. The molecule has 0 saturated heterocycles. The Morgan fingerprint density at radius 2 is 1.77 bits per heavy atom. The summed E-state index contributed by atoms with van der Waals surface area (Å²) < 4.78 is 28.0. The molecule has 0 amide bonds. The maximum atomic E-state index is 13.2.